The van der Waals surface area contributed by atoms with Crippen molar-refractivity contribution >= 4 is 0 Å². The lowest BCUT2D eigenvalue weighted by Crippen LogP contribution is -2.35. The number of aryl methyl sites for hydroxylation is 1. The maximum atomic E-state index is 11.6. The van der Waals surface area contributed by atoms with Crippen LogP contribution in [0.15, 0.2) is 16.9 Å². The highest BCUT2D eigenvalue weighted by atomic mass is 16.1. The number of hydrogen-bond donors (Lipinski definition) is 1. The van der Waals surface area contributed by atoms with Crippen LogP contribution in [0.4, 0.5) is 0 Å². The summed E-state index contributed by atoms with van der Waals surface area (Å²) >= 11 is 0. The van der Waals surface area contributed by atoms with E-state index in [0.29, 0.717) is 0 Å². The Morgan fingerprint density at radius 1 is 1.43 bits per heavy atom. The molecule has 0 bridgehead atoms. The van der Waals surface area contributed by atoms with E-state index in [1.807, 2.05) is 6.92 Å². The molecule has 0 aromatic carbocycles. The molecule has 0 amide bonds. The van der Waals surface area contributed by atoms with Gasteiger partial charge in [0.2, 0.25) is 0 Å². The van der Waals surface area contributed by atoms with Gasteiger partial charge in [0, 0.05) is 6.07 Å². The highest BCUT2D eigenvalue weighted by Crippen LogP contribution is 2.14. The predicted molar refractivity (Wildman–Crippen MR) is 54.4 cm³/mol. The van der Waals surface area contributed by atoms with Crippen LogP contribution in [0.2, 0.25) is 0 Å². The number of piperidine rings is 1. The van der Waals surface area contributed by atoms with Crippen LogP contribution in [-0.4, -0.2) is 22.9 Å². The van der Waals surface area contributed by atoms with Crippen LogP contribution in [0.5, 0.6) is 0 Å². The van der Waals surface area contributed by atoms with Crippen LogP contribution in [0.3, 0.4) is 0 Å². The Hall–Kier alpha value is -1.16. The summed E-state index contributed by atoms with van der Waals surface area (Å²) in [7, 11) is 0. The number of hydrogen-bond acceptors (Lipinski definition) is 3. The minimum Gasteiger partial charge on any atom is -0.317 e. The molecule has 0 aliphatic carbocycles. The van der Waals surface area contributed by atoms with Gasteiger partial charge in [0.05, 0.1) is 11.7 Å². The standard InChI is InChI=1S/C10H15N3O/c1-8-2-3-10(14)13(12-8)9-4-6-11-7-5-9/h2-3,9,11H,4-7H2,1H3. The summed E-state index contributed by atoms with van der Waals surface area (Å²) in [5.41, 5.74) is 0.922. The van der Waals surface area contributed by atoms with Crippen molar-refractivity contribution in [2.24, 2.45) is 0 Å². The van der Waals surface area contributed by atoms with Crippen molar-refractivity contribution in [3.63, 3.8) is 0 Å². The van der Waals surface area contributed by atoms with Gasteiger partial charge < -0.3 is 5.32 Å². The Bertz CT molecular complexity index is 366. The monoisotopic (exact) mass is 193 g/mol. The van der Waals surface area contributed by atoms with Gasteiger partial charge in [0.1, 0.15) is 0 Å². The van der Waals surface area contributed by atoms with E-state index >= 15 is 0 Å². The fraction of sp³-hybridized carbons (Fsp3) is 0.600. The van der Waals surface area contributed by atoms with Gasteiger partial charge in [-0.3, -0.25) is 4.79 Å². The zero-order valence-corrected chi connectivity index (χ0v) is 8.36. The molecule has 76 valence electrons. The van der Waals surface area contributed by atoms with Crippen LogP contribution < -0.4 is 10.9 Å². The highest BCUT2D eigenvalue weighted by Gasteiger charge is 2.16. The minimum atomic E-state index is 0.0162. The first-order chi connectivity index (χ1) is 6.77. The van der Waals surface area contributed by atoms with Crippen LogP contribution >= 0.6 is 0 Å². The molecule has 4 nitrogen and oxygen atoms in total. The molecule has 1 aliphatic heterocycles. The lowest BCUT2D eigenvalue weighted by molar-refractivity contribution is 0.330. The van der Waals surface area contributed by atoms with E-state index in [1.54, 1.807) is 16.8 Å². The molecule has 1 fully saturated rings. The number of nitrogens with zero attached hydrogens (tertiary/aromatic N) is 2. The number of aromatic nitrogens is 2. The van der Waals surface area contributed by atoms with Crippen molar-refractivity contribution in [1.82, 2.24) is 15.1 Å². The van der Waals surface area contributed by atoms with Crippen LogP contribution in [-0.2, 0) is 0 Å². The molecule has 1 aromatic rings. The largest absolute Gasteiger partial charge is 0.317 e. The SMILES string of the molecule is Cc1ccc(=O)n(C2CCNCC2)n1. The van der Waals surface area contributed by atoms with Crippen LogP contribution in [0.1, 0.15) is 24.6 Å². The second-order valence-corrected chi connectivity index (χ2v) is 3.74. The zero-order chi connectivity index (χ0) is 9.97. The van der Waals surface area contributed by atoms with Crippen molar-refractivity contribution < 1.29 is 0 Å². The summed E-state index contributed by atoms with van der Waals surface area (Å²) in [6, 6.07) is 3.65. The Morgan fingerprint density at radius 3 is 2.86 bits per heavy atom. The summed E-state index contributed by atoms with van der Waals surface area (Å²) in [6.45, 7) is 3.87. The molecule has 4 heteroatoms. The first kappa shape index (κ1) is 9.40. The third-order valence-electron chi connectivity index (χ3n) is 2.61. The number of nitrogens with one attached hydrogen (secondary N) is 1. The zero-order valence-electron chi connectivity index (χ0n) is 8.36. The maximum absolute atomic E-state index is 11.6. The second-order valence-electron chi connectivity index (χ2n) is 3.74. The molecule has 0 radical (unpaired) electrons. The van der Waals surface area contributed by atoms with E-state index in [4.69, 9.17) is 0 Å². The van der Waals surface area contributed by atoms with Gasteiger partial charge in [0.15, 0.2) is 0 Å². The Kier molecular flexibility index (Phi) is 2.63. The smallest absolute Gasteiger partial charge is 0.267 e. The van der Waals surface area contributed by atoms with E-state index in [0.717, 1.165) is 31.6 Å². The maximum Gasteiger partial charge on any atom is 0.267 e. The molecule has 0 saturated carbocycles. The molecule has 0 unspecified atom stereocenters. The Labute approximate surface area is 82.9 Å². The quantitative estimate of drug-likeness (QED) is 0.705. The van der Waals surface area contributed by atoms with E-state index < -0.39 is 0 Å². The molecule has 0 atom stereocenters. The van der Waals surface area contributed by atoms with Gasteiger partial charge in [-0.25, -0.2) is 4.68 Å². The van der Waals surface area contributed by atoms with Crippen molar-refractivity contribution in [3.05, 3.63) is 28.2 Å². The average molecular weight is 193 g/mol. The molecular formula is C10H15N3O. The molecule has 2 heterocycles. The van der Waals surface area contributed by atoms with Gasteiger partial charge in [0.25, 0.3) is 5.56 Å². The average Bonchev–Trinajstić information content (AvgIpc) is 2.23. The third kappa shape index (κ3) is 1.85. The summed E-state index contributed by atoms with van der Waals surface area (Å²) < 4.78 is 1.64. The molecule has 1 aromatic heterocycles. The molecule has 0 spiro atoms. The normalized spacial score (nSPS) is 18.4. The Morgan fingerprint density at radius 2 is 2.14 bits per heavy atom. The Balaban J connectivity index is 2.29. The molecule has 2 rings (SSSR count). The van der Waals surface area contributed by atoms with Crippen LogP contribution in [0, 0.1) is 6.92 Å². The van der Waals surface area contributed by atoms with E-state index in [-0.39, 0.29) is 11.6 Å². The minimum absolute atomic E-state index is 0.0162. The fourth-order valence-corrected chi connectivity index (χ4v) is 1.83. The lowest BCUT2D eigenvalue weighted by atomic mass is 10.1. The van der Waals surface area contributed by atoms with Crippen molar-refractivity contribution in [2.75, 3.05) is 13.1 Å². The van der Waals surface area contributed by atoms with E-state index in [1.165, 1.54) is 0 Å². The van der Waals surface area contributed by atoms with Crippen molar-refractivity contribution in [1.29, 1.82) is 0 Å². The predicted octanol–water partition coefficient (Wildman–Crippen LogP) is 0.476. The topological polar surface area (TPSA) is 46.9 Å². The van der Waals surface area contributed by atoms with Gasteiger partial charge >= 0.3 is 0 Å². The molecule has 14 heavy (non-hydrogen) atoms. The fourth-order valence-electron chi connectivity index (χ4n) is 1.83. The van der Waals surface area contributed by atoms with Crippen molar-refractivity contribution in [3.8, 4) is 0 Å². The van der Waals surface area contributed by atoms with Gasteiger partial charge in [-0.15, -0.1) is 0 Å². The van der Waals surface area contributed by atoms with Gasteiger partial charge in [-0.1, -0.05) is 0 Å². The molecule has 1 aliphatic rings. The van der Waals surface area contributed by atoms with Crippen LogP contribution in [0.25, 0.3) is 0 Å². The number of rotatable bonds is 1. The second kappa shape index (κ2) is 3.92. The first-order valence-corrected chi connectivity index (χ1v) is 5.04. The summed E-state index contributed by atoms with van der Waals surface area (Å²) in [6.07, 6.45) is 1.99. The van der Waals surface area contributed by atoms with E-state index in [9.17, 15) is 4.79 Å². The van der Waals surface area contributed by atoms with Gasteiger partial charge in [-0.05, 0) is 38.9 Å². The third-order valence-corrected chi connectivity index (χ3v) is 2.61. The van der Waals surface area contributed by atoms with E-state index in [2.05, 4.69) is 10.4 Å². The first-order valence-electron chi connectivity index (χ1n) is 5.04. The molecular weight excluding hydrogens is 178 g/mol. The summed E-state index contributed by atoms with van der Waals surface area (Å²) in [4.78, 5) is 11.6. The molecule has 1 N–H and O–H groups in total. The van der Waals surface area contributed by atoms with Crippen molar-refractivity contribution in [2.45, 2.75) is 25.8 Å². The molecule has 1 saturated heterocycles. The van der Waals surface area contributed by atoms with Gasteiger partial charge in [-0.2, -0.15) is 5.10 Å². The summed E-state index contributed by atoms with van der Waals surface area (Å²) in [5, 5.41) is 7.55. The summed E-state index contributed by atoms with van der Waals surface area (Å²) in [5.74, 6) is 0. The lowest BCUT2D eigenvalue weighted by Gasteiger charge is -2.23. The highest BCUT2D eigenvalue weighted by molar-refractivity contribution is 4.98.